The van der Waals surface area contributed by atoms with Crippen molar-refractivity contribution in [3.63, 3.8) is 0 Å². The van der Waals surface area contributed by atoms with Crippen LogP contribution >= 0.6 is 0 Å². The third kappa shape index (κ3) is 5.94. The van der Waals surface area contributed by atoms with Crippen molar-refractivity contribution in [3.05, 3.63) is 11.9 Å². The monoisotopic (exact) mass is 477 g/mol. The van der Waals surface area contributed by atoms with Crippen LogP contribution in [0.15, 0.2) is 6.20 Å². The second-order valence-electron chi connectivity index (χ2n) is 12.2. The summed E-state index contributed by atoms with van der Waals surface area (Å²) in [6.45, 7) is 20.1. The molecule has 2 saturated heterocycles. The van der Waals surface area contributed by atoms with Gasteiger partial charge in [0.15, 0.2) is 0 Å². The summed E-state index contributed by atoms with van der Waals surface area (Å²) in [6.07, 6.45) is 2.18. The zero-order valence-electron chi connectivity index (χ0n) is 22.4. The molecule has 2 aliphatic heterocycles. The number of hydrogen-bond acceptors (Lipinski definition) is 7. The van der Waals surface area contributed by atoms with Crippen molar-refractivity contribution in [2.75, 3.05) is 13.1 Å². The molecule has 0 N–H and O–H groups in total. The maximum Gasteiger partial charge on any atom is 0.498 e. The van der Waals surface area contributed by atoms with E-state index in [2.05, 4.69) is 5.10 Å². The number of hydrogen-bond donors (Lipinski definition) is 0. The number of amides is 1. The van der Waals surface area contributed by atoms with Gasteiger partial charge < -0.3 is 23.7 Å². The highest BCUT2D eigenvalue weighted by atomic mass is 16.7. The molecule has 0 unspecified atom stereocenters. The normalized spacial score (nSPS) is 21.0. The number of piperidine rings is 1. The first-order valence-electron chi connectivity index (χ1n) is 12.0. The zero-order valence-corrected chi connectivity index (χ0v) is 22.4. The molecule has 3 heterocycles. The Hall–Kier alpha value is -2.07. The molecule has 0 saturated carbocycles. The quantitative estimate of drug-likeness (QED) is 0.593. The topological polar surface area (TPSA) is 92.1 Å². The number of aromatic nitrogens is 2. The zero-order chi connectivity index (χ0) is 25.7. The standard InChI is InChI=1S/C24H40BN3O6/c1-21(2,3)31-19(29)27-13-11-16(12-14-27)18-17(25-33-23(7,8)24(9,10)34-25)15-28(26-18)20(30)32-22(4,5)6/h15-16H,11-14H2,1-10H3. The van der Waals surface area contributed by atoms with E-state index in [0.717, 1.165) is 11.2 Å². The summed E-state index contributed by atoms with van der Waals surface area (Å²) in [6, 6.07) is 0. The molecule has 0 aromatic carbocycles. The summed E-state index contributed by atoms with van der Waals surface area (Å²) in [5, 5.41) is 4.63. The van der Waals surface area contributed by atoms with Crippen LogP contribution in [0, 0.1) is 0 Å². The van der Waals surface area contributed by atoms with Crippen LogP contribution in [0.1, 0.15) is 93.7 Å². The highest BCUT2D eigenvalue weighted by molar-refractivity contribution is 6.62. The first-order valence-corrected chi connectivity index (χ1v) is 12.0. The fraction of sp³-hybridized carbons (Fsp3) is 0.792. The van der Waals surface area contributed by atoms with E-state index < -0.39 is 35.6 Å². The number of nitrogens with zero attached hydrogens (tertiary/aromatic N) is 3. The van der Waals surface area contributed by atoms with Crippen molar-refractivity contribution >= 4 is 24.8 Å². The van der Waals surface area contributed by atoms with Gasteiger partial charge in [-0.1, -0.05) is 0 Å². The first-order chi connectivity index (χ1) is 15.4. The molecule has 1 aromatic heterocycles. The average molecular weight is 477 g/mol. The van der Waals surface area contributed by atoms with Gasteiger partial charge in [0.25, 0.3) is 0 Å². The average Bonchev–Trinajstić information content (AvgIpc) is 3.18. The lowest BCUT2D eigenvalue weighted by Gasteiger charge is -2.33. The van der Waals surface area contributed by atoms with Crippen LogP contribution in [-0.4, -0.2) is 69.5 Å². The van der Waals surface area contributed by atoms with Crippen LogP contribution in [0.3, 0.4) is 0 Å². The summed E-state index contributed by atoms with van der Waals surface area (Å²) in [5.74, 6) is 0.0383. The molecule has 2 aliphatic rings. The van der Waals surface area contributed by atoms with E-state index >= 15 is 0 Å². The Morgan fingerprint density at radius 2 is 1.41 bits per heavy atom. The van der Waals surface area contributed by atoms with Crippen molar-refractivity contribution < 1.29 is 28.4 Å². The lowest BCUT2D eigenvalue weighted by Crippen LogP contribution is -2.43. The van der Waals surface area contributed by atoms with Crippen molar-refractivity contribution in [2.45, 2.75) is 110 Å². The SMILES string of the molecule is CC(C)(C)OC(=O)N1CCC(c2nn(C(=O)OC(C)(C)C)cc2B2OC(C)(C)C(C)(C)O2)CC1. The Bertz CT molecular complexity index is 904. The Balaban J connectivity index is 1.85. The van der Waals surface area contributed by atoms with Gasteiger partial charge in [-0.2, -0.15) is 9.78 Å². The van der Waals surface area contributed by atoms with Gasteiger partial charge in [-0.3, -0.25) is 0 Å². The molecule has 10 heteroatoms. The predicted octanol–water partition coefficient (Wildman–Crippen LogP) is 4.08. The van der Waals surface area contributed by atoms with Crippen LogP contribution < -0.4 is 5.46 Å². The molecular formula is C24H40BN3O6. The van der Waals surface area contributed by atoms with Crippen molar-refractivity contribution in [3.8, 4) is 0 Å². The lowest BCUT2D eigenvalue weighted by atomic mass is 9.75. The third-order valence-corrected chi connectivity index (χ3v) is 6.39. The smallest absolute Gasteiger partial charge is 0.444 e. The van der Waals surface area contributed by atoms with Gasteiger partial charge in [-0.25, -0.2) is 9.59 Å². The molecule has 2 fully saturated rings. The second-order valence-corrected chi connectivity index (χ2v) is 12.2. The van der Waals surface area contributed by atoms with Crippen LogP contribution in [0.5, 0.6) is 0 Å². The van der Waals surface area contributed by atoms with E-state index in [4.69, 9.17) is 18.8 Å². The van der Waals surface area contributed by atoms with Crippen LogP contribution in [0.4, 0.5) is 9.59 Å². The van der Waals surface area contributed by atoms with E-state index in [9.17, 15) is 9.59 Å². The summed E-state index contributed by atoms with van der Waals surface area (Å²) in [5.41, 5.74) is -0.767. The van der Waals surface area contributed by atoms with Gasteiger partial charge in [0.2, 0.25) is 0 Å². The maximum absolute atomic E-state index is 12.8. The minimum atomic E-state index is -0.653. The fourth-order valence-electron chi connectivity index (χ4n) is 3.93. The summed E-state index contributed by atoms with van der Waals surface area (Å²) >= 11 is 0. The lowest BCUT2D eigenvalue weighted by molar-refractivity contribution is 0.00578. The first kappa shape index (κ1) is 26.5. The molecule has 0 bridgehead atoms. The van der Waals surface area contributed by atoms with Crippen molar-refractivity contribution in [2.24, 2.45) is 0 Å². The van der Waals surface area contributed by atoms with E-state index in [0.29, 0.717) is 25.9 Å². The molecule has 0 atom stereocenters. The Morgan fingerprint density at radius 1 is 0.941 bits per heavy atom. The minimum absolute atomic E-state index is 0.0383. The largest absolute Gasteiger partial charge is 0.498 e. The summed E-state index contributed by atoms with van der Waals surface area (Å²) < 4.78 is 24.8. The van der Waals surface area contributed by atoms with E-state index in [1.165, 1.54) is 4.68 Å². The number of carbonyl (C=O) groups is 2. The summed E-state index contributed by atoms with van der Waals surface area (Å²) in [7, 11) is -0.653. The molecule has 1 amide bonds. The van der Waals surface area contributed by atoms with Gasteiger partial charge in [-0.05, 0) is 82.1 Å². The maximum atomic E-state index is 12.8. The van der Waals surface area contributed by atoms with Gasteiger partial charge in [0.1, 0.15) is 11.2 Å². The highest BCUT2D eigenvalue weighted by Crippen LogP contribution is 2.37. The number of carbonyl (C=O) groups excluding carboxylic acids is 2. The molecule has 9 nitrogen and oxygen atoms in total. The van der Waals surface area contributed by atoms with E-state index in [1.807, 2.05) is 69.2 Å². The molecule has 34 heavy (non-hydrogen) atoms. The van der Waals surface area contributed by atoms with Gasteiger partial charge in [-0.15, -0.1) is 0 Å². The Kier molecular flexibility index (Phi) is 6.92. The van der Waals surface area contributed by atoms with Gasteiger partial charge in [0.05, 0.1) is 16.9 Å². The predicted molar refractivity (Wildman–Crippen MR) is 129 cm³/mol. The molecular weight excluding hydrogens is 437 g/mol. The van der Waals surface area contributed by atoms with Crippen molar-refractivity contribution in [1.29, 1.82) is 0 Å². The molecule has 0 spiro atoms. The Labute approximate surface area is 203 Å². The second kappa shape index (κ2) is 8.86. The number of rotatable bonds is 2. The van der Waals surface area contributed by atoms with Crippen molar-refractivity contribution in [1.82, 2.24) is 14.7 Å². The van der Waals surface area contributed by atoms with Crippen LogP contribution in [0.25, 0.3) is 0 Å². The van der Waals surface area contributed by atoms with E-state index in [-0.39, 0.29) is 12.0 Å². The van der Waals surface area contributed by atoms with Gasteiger partial charge >= 0.3 is 19.3 Å². The third-order valence-electron chi connectivity index (χ3n) is 6.39. The molecule has 190 valence electrons. The highest BCUT2D eigenvalue weighted by Gasteiger charge is 2.53. The number of likely N-dealkylation sites (tertiary alicyclic amines) is 1. The Morgan fingerprint density at radius 3 is 1.88 bits per heavy atom. The number of ether oxygens (including phenoxy) is 2. The summed E-state index contributed by atoms with van der Waals surface area (Å²) in [4.78, 5) is 27.0. The van der Waals surface area contributed by atoms with E-state index in [1.54, 1.807) is 11.1 Å². The molecule has 0 radical (unpaired) electrons. The molecule has 0 aliphatic carbocycles. The minimum Gasteiger partial charge on any atom is -0.444 e. The fourth-order valence-corrected chi connectivity index (χ4v) is 3.93. The van der Waals surface area contributed by atoms with Crippen LogP contribution in [0.2, 0.25) is 0 Å². The van der Waals surface area contributed by atoms with Crippen LogP contribution in [-0.2, 0) is 18.8 Å². The molecule has 3 rings (SSSR count). The molecule has 1 aromatic rings. The van der Waals surface area contributed by atoms with Gasteiger partial charge in [0, 0.05) is 30.7 Å².